The van der Waals surface area contributed by atoms with Crippen molar-refractivity contribution >= 4 is 11.6 Å². The molecular formula is C5H6N2O. The molecule has 42 valence electrons. The van der Waals surface area contributed by atoms with Crippen LogP contribution in [0.5, 0.6) is 0 Å². The second-order valence-corrected chi connectivity index (χ2v) is 2.20. The van der Waals surface area contributed by atoms with E-state index in [1.165, 1.54) is 0 Å². The Hall–Kier alpha value is -0.860. The summed E-state index contributed by atoms with van der Waals surface area (Å²) in [5, 5.41) is 2.65. The van der Waals surface area contributed by atoms with Gasteiger partial charge < -0.3 is 5.32 Å². The number of hydrogen-bond acceptors (Lipinski definition) is 2. The zero-order valence-corrected chi connectivity index (χ0v) is 4.51. The number of nitrogens with zero attached hydrogens (tertiary/aromatic N) is 1. The molecule has 2 heterocycles. The van der Waals surface area contributed by atoms with Gasteiger partial charge in [0.1, 0.15) is 12.1 Å². The van der Waals surface area contributed by atoms with Crippen LogP contribution in [0.2, 0.25) is 0 Å². The van der Waals surface area contributed by atoms with E-state index in [2.05, 4.69) is 10.3 Å². The molecule has 0 aromatic carbocycles. The molecular weight excluding hydrogens is 104 g/mol. The van der Waals surface area contributed by atoms with Crippen molar-refractivity contribution in [2.24, 2.45) is 10.9 Å². The van der Waals surface area contributed by atoms with Crippen molar-refractivity contribution in [2.45, 2.75) is 13.1 Å². The number of amides is 1. The fourth-order valence-electron chi connectivity index (χ4n) is 1.11. The van der Waals surface area contributed by atoms with E-state index in [9.17, 15) is 4.79 Å². The van der Waals surface area contributed by atoms with Gasteiger partial charge in [-0.25, -0.2) is 0 Å². The molecule has 8 heavy (non-hydrogen) atoms. The van der Waals surface area contributed by atoms with E-state index in [0.717, 1.165) is 5.71 Å². The van der Waals surface area contributed by atoms with Gasteiger partial charge in [0, 0.05) is 5.71 Å². The highest BCUT2D eigenvalue weighted by molar-refractivity contribution is 6.12. The van der Waals surface area contributed by atoms with Crippen LogP contribution in [-0.4, -0.2) is 17.8 Å². The van der Waals surface area contributed by atoms with E-state index < -0.39 is 0 Å². The standard InChI is InChI=1S/C5H6N2O/c1-2-3-4(6-2)7-5(3)8/h3-4H,1H3,(H,7,8). The summed E-state index contributed by atoms with van der Waals surface area (Å²) in [6.45, 7) is 1.89. The third-order valence-electron chi connectivity index (χ3n) is 1.68. The van der Waals surface area contributed by atoms with Gasteiger partial charge in [0.2, 0.25) is 5.91 Å². The molecule has 1 N–H and O–H groups in total. The molecule has 2 aliphatic heterocycles. The number of fused-ring (bicyclic) bond motifs is 1. The van der Waals surface area contributed by atoms with Crippen molar-refractivity contribution in [2.75, 3.05) is 0 Å². The number of rotatable bonds is 0. The molecule has 2 unspecified atom stereocenters. The number of nitrogens with one attached hydrogen (secondary N) is 1. The van der Waals surface area contributed by atoms with Crippen molar-refractivity contribution < 1.29 is 4.79 Å². The molecule has 0 radical (unpaired) electrons. The molecule has 0 spiro atoms. The zero-order valence-electron chi connectivity index (χ0n) is 4.51. The van der Waals surface area contributed by atoms with Crippen molar-refractivity contribution in [3.8, 4) is 0 Å². The molecule has 0 bridgehead atoms. The molecule has 2 atom stereocenters. The first-order valence-electron chi connectivity index (χ1n) is 2.64. The Balaban J connectivity index is 2.28. The Labute approximate surface area is 46.8 Å². The van der Waals surface area contributed by atoms with Crippen LogP contribution in [0.15, 0.2) is 4.99 Å². The van der Waals surface area contributed by atoms with Gasteiger partial charge in [-0.15, -0.1) is 0 Å². The summed E-state index contributed by atoms with van der Waals surface area (Å²) in [5.74, 6) is 0.289. The highest BCUT2D eigenvalue weighted by Gasteiger charge is 2.47. The third kappa shape index (κ3) is 0.240. The Kier molecular flexibility index (Phi) is 0.477. The first-order valence-corrected chi connectivity index (χ1v) is 2.64. The monoisotopic (exact) mass is 110 g/mol. The van der Waals surface area contributed by atoms with Crippen LogP contribution in [0.25, 0.3) is 0 Å². The molecule has 0 saturated carbocycles. The van der Waals surface area contributed by atoms with Crippen molar-refractivity contribution in [3.05, 3.63) is 0 Å². The summed E-state index contributed by atoms with van der Waals surface area (Å²) in [6.07, 6.45) is 0.155. The highest BCUT2D eigenvalue weighted by Crippen LogP contribution is 2.26. The maximum atomic E-state index is 10.5. The minimum atomic E-state index is 0.141. The number of carbonyl (C=O) groups excluding carboxylic acids is 1. The van der Waals surface area contributed by atoms with Crippen LogP contribution in [0.3, 0.4) is 0 Å². The molecule has 3 nitrogen and oxygen atoms in total. The van der Waals surface area contributed by atoms with E-state index in [1.807, 2.05) is 6.92 Å². The number of hydrogen-bond donors (Lipinski definition) is 1. The number of β-lactam (4-membered cyclic amide) rings is 1. The van der Waals surface area contributed by atoms with Crippen LogP contribution in [0.1, 0.15) is 6.92 Å². The lowest BCUT2D eigenvalue weighted by Gasteiger charge is -2.41. The van der Waals surface area contributed by atoms with Crippen LogP contribution in [0.4, 0.5) is 0 Å². The van der Waals surface area contributed by atoms with Crippen molar-refractivity contribution in [3.63, 3.8) is 0 Å². The molecule has 3 heteroatoms. The summed E-state index contributed by atoms with van der Waals surface area (Å²) in [5.41, 5.74) is 0.985. The molecule has 1 amide bonds. The van der Waals surface area contributed by atoms with Crippen LogP contribution in [-0.2, 0) is 4.79 Å². The van der Waals surface area contributed by atoms with Crippen molar-refractivity contribution in [1.82, 2.24) is 5.32 Å². The minimum Gasteiger partial charge on any atom is -0.333 e. The molecule has 0 aliphatic carbocycles. The summed E-state index contributed by atoms with van der Waals surface area (Å²) >= 11 is 0. The summed E-state index contributed by atoms with van der Waals surface area (Å²) in [4.78, 5) is 14.5. The first-order chi connectivity index (χ1) is 3.79. The Morgan fingerprint density at radius 1 is 1.75 bits per heavy atom. The Bertz CT molecular complexity index is 185. The van der Waals surface area contributed by atoms with Gasteiger partial charge in [-0.05, 0) is 6.92 Å². The van der Waals surface area contributed by atoms with Gasteiger partial charge in [-0.3, -0.25) is 9.79 Å². The molecule has 1 saturated heterocycles. The predicted octanol–water partition coefficient (Wildman–Crippen LogP) is -0.467. The fourth-order valence-corrected chi connectivity index (χ4v) is 1.11. The van der Waals surface area contributed by atoms with Gasteiger partial charge in [0.05, 0.1) is 0 Å². The summed E-state index contributed by atoms with van der Waals surface area (Å²) in [6, 6.07) is 0. The van der Waals surface area contributed by atoms with Crippen LogP contribution in [0, 0.1) is 5.92 Å². The lowest BCUT2D eigenvalue weighted by molar-refractivity contribution is -0.132. The molecule has 2 aliphatic rings. The maximum Gasteiger partial charge on any atom is 0.234 e. The second-order valence-electron chi connectivity index (χ2n) is 2.20. The van der Waals surface area contributed by atoms with Gasteiger partial charge in [-0.1, -0.05) is 0 Å². The van der Waals surface area contributed by atoms with E-state index in [1.54, 1.807) is 0 Å². The van der Waals surface area contributed by atoms with Crippen LogP contribution < -0.4 is 5.32 Å². The Morgan fingerprint density at radius 3 is 2.75 bits per heavy atom. The maximum absolute atomic E-state index is 10.5. The summed E-state index contributed by atoms with van der Waals surface area (Å²) < 4.78 is 0. The van der Waals surface area contributed by atoms with E-state index in [4.69, 9.17) is 0 Å². The quantitative estimate of drug-likeness (QED) is 0.421. The van der Waals surface area contributed by atoms with Crippen LogP contribution >= 0.6 is 0 Å². The highest BCUT2D eigenvalue weighted by atomic mass is 16.2. The lowest BCUT2D eigenvalue weighted by atomic mass is 9.87. The smallest absolute Gasteiger partial charge is 0.234 e. The molecule has 2 rings (SSSR count). The number of carbonyl (C=O) groups is 1. The molecule has 0 aromatic rings. The predicted molar refractivity (Wildman–Crippen MR) is 28.5 cm³/mol. The van der Waals surface area contributed by atoms with Crippen molar-refractivity contribution in [1.29, 1.82) is 0 Å². The lowest BCUT2D eigenvalue weighted by Crippen LogP contribution is -2.65. The van der Waals surface area contributed by atoms with Gasteiger partial charge in [0.15, 0.2) is 0 Å². The SMILES string of the molecule is CC1=NC2NC(=O)C12. The van der Waals surface area contributed by atoms with E-state index in [0.29, 0.717) is 0 Å². The Morgan fingerprint density at radius 2 is 2.50 bits per heavy atom. The second kappa shape index (κ2) is 0.940. The zero-order chi connectivity index (χ0) is 5.72. The average molecular weight is 110 g/mol. The fraction of sp³-hybridized carbons (Fsp3) is 0.600. The molecule has 1 fully saturated rings. The topological polar surface area (TPSA) is 41.5 Å². The van der Waals surface area contributed by atoms with E-state index >= 15 is 0 Å². The first kappa shape index (κ1) is 4.06. The average Bonchev–Trinajstić information content (AvgIpc) is 1.63. The van der Waals surface area contributed by atoms with E-state index in [-0.39, 0.29) is 18.0 Å². The van der Waals surface area contributed by atoms with Gasteiger partial charge >= 0.3 is 0 Å². The molecule has 0 aromatic heterocycles. The minimum absolute atomic E-state index is 0.141. The summed E-state index contributed by atoms with van der Waals surface area (Å²) in [7, 11) is 0. The number of aliphatic imine (C=N–C) groups is 1. The third-order valence-corrected chi connectivity index (χ3v) is 1.68. The van der Waals surface area contributed by atoms with Gasteiger partial charge in [-0.2, -0.15) is 0 Å². The van der Waals surface area contributed by atoms with Gasteiger partial charge in [0.25, 0.3) is 0 Å². The largest absolute Gasteiger partial charge is 0.333 e. The normalized spacial score (nSPS) is 40.6.